The summed E-state index contributed by atoms with van der Waals surface area (Å²) in [6.45, 7) is 11.3. The van der Waals surface area contributed by atoms with E-state index in [1.165, 1.54) is 4.90 Å². The molecule has 4 N–H and O–H groups in total. The largest absolute Gasteiger partial charge is 0.497 e. The number of benzene rings is 2. The fourth-order valence-corrected chi connectivity index (χ4v) is 4.77. The maximum absolute atomic E-state index is 14.3. The van der Waals surface area contributed by atoms with E-state index in [2.05, 4.69) is 17.6 Å². The average Bonchev–Trinajstić information content (AvgIpc) is 2.91. The Hall–Kier alpha value is -4.08. The zero-order valence-electron chi connectivity index (χ0n) is 26.6. The molecule has 0 aliphatic rings. The summed E-state index contributed by atoms with van der Waals surface area (Å²) >= 11 is 0. The molecule has 2 aromatic carbocycles. The van der Waals surface area contributed by atoms with Crippen LogP contribution in [0.25, 0.3) is 0 Å². The summed E-state index contributed by atoms with van der Waals surface area (Å²) in [5, 5.41) is 5.47. The van der Waals surface area contributed by atoms with Gasteiger partial charge in [0.1, 0.15) is 23.4 Å². The second kappa shape index (κ2) is 16.5. The molecule has 0 aliphatic carbocycles. The van der Waals surface area contributed by atoms with Crippen molar-refractivity contribution in [3.05, 3.63) is 59.2 Å². The SMILES string of the molecule is CCCCCCCN(C(=O)C(CC(N)=O)NC(=O)OC(C)(C)C)C(C(=O)Nc1ccc(OC)cc1)c1ccc(C)cc1C. The van der Waals surface area contributed by atoms with Crippen molar-refractivity contribution < 1.29 is 28.7 Å². The van der Waals surface area contributed by atoms with E-state index in [-0.39, 0.29) is 6.54 Å². The summed E-state index contributed by atoms with van der Waals surface area (Å²) in [5.41, 5.74) is 7.67. The Labute approximate surface area is 255 Å². The van der Waals surface area contributed by atoms with E-state index in [4.69, 9.17) is 15.2 Å². The number of methoxy groups -OCH3 is 1. The number of rotatable bonds is 15. The first-order chi connectivity index (χ1) is 20.2. The Morgan fingerprint density at radius 2 is 1.60 bits per heavy atom. The Bertz CT molecular complexity index is 1240. The number of carbonyl (C=O) groups is 4. The van der Waals surface area contributed by atoms with Crippen molar-refractivity contribution >= 4 is 29.5 Å². The first-order valence-corrected chi connectivity index (χ1v) is 14.9. The van der Waals surface area contributed by atoms with Gasteiger partial charge >= 0.3 is 6.09 Å². The first kappa shape index (κ1) is 35.1. The van der Waals surface area contributed by atoms with Crippen molar-refractivity contribution in [3.8, 4) is 5.75 Å². The molecule has 2 unspecified atom stereocenters. The Balaban J connectivity index is 2.58. The molecule has 0 fully saturated rings. The molecule has 2 rings (SSSR count). The maximum Gasteiger partial charge on any atom is 0.408 e. The highest BCUT2D eigenvalue weighted by Crippen LogP contribution is 2.29. The normalized spacial score (nSPS) is 12.5. The van der Waals surface area contributed by atoms with E-state index in [9.17, 15) is 19.2 Å². The minimum absolute atomic E-state index is 0.224. The topological polar surface area (TPSA) is 140 Å². The van der Waals surface area contributed by atoms with E-state index >= 15 is 0 Å². The Kier molecular flexibility index (Phi) is 13.5. The summed E-state index contributed by atoms with van der Waals surface area (Å²) in [5.74, 6) is -1.18. The third-order valence-electron chi connectivity index (χ3n) is 6.82. The van der Waals surface area contributed by atoms with Gasteiger partial charge in [0.25, 0.3) is 5.91 Å². The Morgan fingerprint density at radius 1 is 0.953 bits per heavy atom. The van der Waals surface area contributed by atoms with Crippen LogP contribution >= 0.6 is 0 Å². The number of alkyl carbamates (subject to hydrolysis) is 1. The van der Waals surface area contributed by atoms with Gasteiger partial charge in [-0.2, -0.15) is 0 Å². The lowest BCUT2D eigenvalue weighted by Gasteiger charge is -2.35. The van der Waals surface area contributed by atoms with Crippen LogP contribution in [0.4, 0.5) is 10.5 Å². The van der Waals surface area contributed by atoms with Crippen molar-refractivity contribution in [2.45, 2.75) is 97.8 Å². The minimum Gasteiger partial charge on any atom is -0.497 e. The zero-order valence-corrected chi connectivity index (χ0v) is 26.6. The molecule has 0 saturated carbocycles. The van der Waals surface area contributed by atoms with Gasteiger partial charge in [0.2, 0.25) is 11.8 Å². The molecule has 0 aliphatic heterocycles. The molecule has 0 spiro atoms. The number of nitrogens with zero attached hydrogens (tertiary/aromatic N) is 1. The lowest BCUT2D eigenvalue weighted by atomic mass is 9.95. The number of aryl methyl sites for hydroxylation is 2. The summed E-state index contributed by atoms with van der Waals surface area (Å²) in [6, 6.07) is 10.2. The van der Waals surface area contributed by atoms with Gasteiger partial charge in [-0.25, -0.2) is 4.79 Å². The molecule has 236 valence electrons. The van der Waals surface area contributed by atoms with Crippen LogP contribution in [0.3, 0.4) is 0 Å². The average molecular weight is 597 g/mol. The molecular formula is C33H48N4O6. The predicted octanol–water partition coefficient (Wildman–Crippen LogP) is 5.56. The van der Waals surface area contributed by atoms with Gasteiger partial charge in [-0.15, -0.1) is 0 Å². The smallest absolute Gasteiger partial charge is 0.408 e. The van der Waals surface area contributed by atoms with Crippen LogP contribution < -0.4 is 21.1 Å². The van der Waals surface area contributed by atoms with Gasteiger partial charge < -0.3 is 30.7 Å². The molecule has 2 atom stereocenters. The second-order valence-corrected chi connectivity index (χ2v) is 11.8. The van der Waals surface area contributed by atoms with Crippen molar-refractivity contribution in [3.63, 3.8) is 0 Å². The van der Waals surface area contributed by atoms with Gasteiger partial charge in [-0.1, -0.05) is 56.4 Å². The quantitative estimate of drug-likeness (QED) is 0.230. The number of unbranched alkanes of at least 4 members (excludes halogenated alkanes) is 4. The summed E-state index contributed by atoms with van der Waals surface area (Å²) in [4.78, 5) is 54.6. The molecule has 0 bridgehead atoms. The van der Waals surface area contributed by atoms with Crippen LogP contribution in [0.2, 0.25) is 0 Å². The molecule has 0 radical (unpaired) electrons. The lowest BCUT2D eigenvalue weighted by Crippen LogP contribution is -2.53. The number of ether oxygens (including phenoxy) is 2. The van der Waals surface area contributed by atoms with E-state index in [0.717, 1.165) is 36.8 Å². The standard InChI is InChI=1S/C33H48N4O6/c1-8-9-10-11-12-19-37(31(40)27(21-28(34)38)36-32(41)43-33(4,5)6)29(26-18-13-22(2)20-23(26)3)30(39)35-24-14-16-25(42-7)17-15-24/h13-18,20,27,29H,8-12,19,21H2,1-7H3,(H2,34,38)(H,35,39)(H,36,41). The minimum atomic E-state index is -1.33. The van der Waals surface area contributed by atoms with E-state index < -0.39 is 47.9 Å². The molecule has 0 saturated heterocycles. The van der Waals surface area contributed by atoms with Crippen molar-refractivity contribution in [2.75, 3.05) is 19.0 Å². The number of anilines is 1. The fourth-order valence-electron chi connectivity index (χ4n) is 4.77. The molecule has 10 nitrogen and oxygen atoms in total. The highest BCUT2D eigenvalue weighted by atomic mass is 16.6. The molecule has 0 aromatic heterocycles. The van der Waals surface area contributed by atoms with Crippen LogP contribution in [0.1, 0.15) is 89.0 Å². The van der Waals surface area contributed by atoms with Gasteiger partial charge in [0.05, 0.1) is 13.5 Å². The van der Waals surface area contributed by atoms with Gasteiger partial charge in [-0.3, -0.25) is 14.4 Å². The number of nitrogens with two attached hydrogens (primary N) is 1. The lowest BCUT2D eigenvalue weighted by molar-refractivity contribution is -0.142. The van der Waals surface area contributed by atoms with Gasteiger partial charge in [0, 0.05) is 12.2 Å². The molecular weight excluding hydrogens is 548 g/mol. The first-order valence-electron chi connectivity index (χ1n) is 14.9. The summed E-state index contributed by atoms with van der Waals surface area (Å²) in [6.07, 6.45) is 3.24. The fraction of sp³-hybridized carbons (Fsp3) is 0.515. The Morgan fingerprint density at radius 3 is 2.16 bits per heavy atom. The van der Waals surface area contributed by atoms with Crippen molar-refractivity contribution in [1.82, 2.24) is 10.2 Å². The predicted molar refractivity (Wildman–Crippen MR) is 168 cm³/mol. The van der Waals surface area contributed by atoms with Crippen LogP contribution in [0.5, 0.6) is 5.75 Å². The van der Waals surface area contributed by atoms with E-state index in [1.807, 2.05) is 32.0 Å². The monoisotopic (exact) mass is 596 g/mol. The summed E-state index contributed by atoms with van der Waals surface area (Å²) < 4.78 is 10.6. The second-order valence-electron chi connectivity index (χ2n) is 11.8. The van der Waals surface area contributed by atoms with Gasteiger partial charge in [-0.05, 0) is 76.4 Å². The van der Waals surface area contributed by atoms with Crippen LogP contribution in [-0.4, -0.2) is 54.0 Å². The van der Waals surface area contributed by atoms with E-state index in [0.29, 0.717) is 23.4 Å². The highest BCUT2D eigenvalue weighted by molar-refractivity contribution is 6.00. The molecule has 43 heavy (non-hydrogen) atoms. The number of nitrogens with one attached hydrogen (secondary N) is 2. The van der Waals surface area contributed by atoms with Crippen molar-refractivity contribution in [2.24, 2.45) is 5.73 Å². The third kappa shape index (κ3) is 11.6. The zero-order chi connectivity index (χ0) is 32.2. The highest BCUT2D eigenvalue weighted by Gasteiger charge is 2.37. The molecule has 4 amide bonds. The molecule has 2 aromatic rings. The third-order valence-corrected chi connectivity index (χ3v) is 6.82. The maximum atomic E-state index is 14.3. The van der Waals surface area contributed by atoms with E-state index in [1.54, 1.807) is 52.1 Å². The number of hydrogen-bond donors (Lipinski definition) is 3. The van der Waals surface area contributed by atoms with Crippen LogP contribution in [0.15, 0.2) is 42.5 Å². The van der Waals surface area contributed by atoms with Crippen molar-refractivity contribution in [1.29, 1.82) is 0 Å². The number of hydrogen-bond acceptors (Lipinski definition) is 6. The van der Waals surface area contributed by atoms with Crippen LogP contribution in [0, 0.1) is 13.8 Å². The number of carbonyl (C=O) groups excluding carboxylic acids is 4. The molecule has 10 heteroatoms. The number of amides is 4. The number of primary amides is 1. The molecule has 0 heterocycles. The van der Waals surface area contributed by atoms with Crippen LogP contribution in [-0.2, 0) is 19.1 Å². The van der Waals surface area contributed by atoms with Gasteiger partial charge in [0.15, 0.2) is 0 Å². The summed E-state index contributed by atoms with van der Waals surface area (Å²) in [7, 11) is 1.56.